The fourth-order valence-corrected chi connectivity index (χ4v) is 4.17. The van der Waals surface area contributed by atoms with E-state index >= 15 is 0 Å². The molecule has 0 saturated carbocycles. The van der Waals surface area contributed by atoms with E-state index in [0.29, 0.717) is 6.61 Å². The van der Waals surface area contributed by atoms with Crippen LogP contribution in [0.3, 0.4) is 0 Å². The van der Waals surface area contributed by atoms with Crippen LogP contribution in [0.25, 0.3) is 0 Å². The van der Waals surface area contributed by atoms with Gasteiger partial charge in [-0.05, 0) is 13.0 Å². The lowest BCUT2D eigenvalue weighted by molar-refractivity contribution is -0.769. The minimum absolute atomic E-state index is 0. The van der Waals surface area contributed by atoms with Gasteiger partial charge in [-0.2, -0.15) is 0 Å². The molecule has 3 fully saturated rings. The summed E-state index contributed by atoms with van der Waals surface area (Å²) in [5.74, 6) is 0. The van der Waals surface area contributed by atoms with Gasteiger partial charge >= 0.3 is 0 Å². The van der Waals surface area contributed by atoms with Crippen LogP contribution < -0.4 is 0 Å². The van der Waals surface area contributed by atoms with Gasteiger partial charge in [-0.25, -0.2) is 4.98 Å². The van der Waals surface area contributed by atoms with Gasteiger partial charge in [0.15, 0.2) is 6.10 Å². The SMILES string of the molecule is Cl.O=[N+]([O-])O[C@H]1CO[C@H]2[C@@H]1OC[C@@H]2N1CCN(CCCn2ccnc2)CC1. The second-order valence-electron chi connectivity index (χ2n) is 7.06. The van der Waals surface area contributed by atoms with Gasteiger partial charge in [-0.15, -0.1) is 22.5 Å². The summed E-state index contributed by atoms with van der Waals surface area (Å²) in [5, 5.41) is 9.82. The molecule has 3 aliphatic rings. The first-order valence-corrected chi connectivity index (χ1v) is 9.17. The van der Waals surface area contributed by atoms with Crippen LogP contribution in [0.1, 0.15) is 6.42 Å². The molecule has 4 heterocycles. The highest BCUT2D eigenvalue weighted by molar-refractivity contribution is 5.85. The first kappa shape index (κ1) is 20.3. The Kier molecular flexibility index (Phi) is 6.88. The van der Waals surface area contributed by atoms with Crippen LogP contribution >= 0.6 is 12.4 Å². The molecule has 3 saturated heterocycles. The number of ether oxygens (including phenoxy) is 2. The smallest absolute Gasteiger partial charge is 0.294 e. The van der Waals surface area contributed by atoms with Gasteiger partial charge < -0.3 is 23.8 Å². The zero-order chi connectivity index (χ0) is 17.9. The molecule has 10 nitrogen and oxygen atoms in total. The molecule has 3 aliphatic heterocycles. The van der Waals surface area contributed by atoms with Gasteiger partial charge in [0.05, 0.1) is 25.6 Å². The van der Waals surface area contributed by atoms with Crippen molar-refractivity contribution in [3.05, 3.63) is 28.8 Å². The Bertz CT molecular complexity index is 598. The Hall–Kier alpha value is -1.46. The minimum atomic E-state index is -0.754. The molecular formula is C16H26ClN5O5. The van der Waals surface area contributed by atoms with Crippen molar-refractivity contribution in [2.24, 2.45) is 0 Å². The monoisotopic (exact) mass is 403 g/mol. The van der Waals surface area contributed by atoms with Crippen LogP contribution in [0.4, 0.5) is 0 Å². The summed E-state index contributed by atoms with van der Waals surface area (Å²) in [7, 11) is 0. The number of aromatic nitrogens is 2. The van der Waals surface area contributed by atoms with Gasteiger partial charge in [0.1, 0.15) is 12.2 Å². The van der Waals surface area contributed by atoms with Crippen molar-refractivity contribution in [3.63, 3.8) is 0 Å². The Labute approximate surface area is 163 Å². The molecule has 1 aromatic rings. The van der Waals surface area contributed by atoms with Crippen molar-refractivity contribution in [1.29, 1.82) is 0 Å². The van der Waals surface area contributed by atoms with Crippen LogP contribution in [-0.4, -0.2) is 94.7 Å². The van der Waals surface area contributed by atoms with Gasteiger partial charge in [-0.3, -0.25) is 4.90 Å². The maximum Gasteiger partial charge on any atom is 0.294 e. The van der Waals surface area contributed by atoms with Crippen LogP contribution in [0.5, 0.6) is 0 Å². The predicted octanol–water partition coefficient (Wildman–Crippen LogP) is 0.0557. The van der Waals surface area contributed by atoms with Crippen molar-refractivity contribution >= 4 is 12.4 Å². The minimum Gasteiger partial charge on any atom is -0.371 e. The Balaban J connectivity index is 0.00000210. The van der Waals surface area contributed by atoms with E-state index < -0.39 is 11.2 Å². The fourth-order valence-electron chi connectivity index (χ4n) is 4.17. The molecule has 11 heteroatoms. The van der Waals surface area contributed by atoms with E-state index in [-0.39, 0.29) is 37.3 Å². The quantitative estimate of drug-likeness (QED) is 0.465. The number of piperazine rings is 1. The molecule has 0 aliphatic carbocycles. The zero-order valence-electron chi connectivity index (χ0n) is 15.1. The van der Waals surface area contributed by atoms with Crippen molar-refractivity contribution in [1.82, 2.24) is 19.4 Å². The van der Waals surface area contributed by atoms with Crippen LogP contribution in [-0.2, 0) is 20.9 Å². The lowest BCUT2D eigenvalue weighted by Crippen LogP contribution is -2.54. The van der Waals surface area contributed by atoms with Gasteiger partial charge in [0.25, 0.3) is 5.09 Å². The topological polar surface area (TPSA) is 95.1 Å². The standard InChI is InChI=1S/C16H25N5O5.ClH/c22-21(23)26-14-11-25-15-13(10-24-16(14)15)20-8-6-18(7-9-20)3-1-4-19-5-2-17-12-19;/h2,5,12-16H,1,3-4,6-11H2;1H/t13-,14-,15+,16+;/m0./s1. The largest absolute Gasteiger partial charge is 0.371 e. The number of aryl methyl sites for hydroxylation is 1. The van der Waals surface area contributed by atoms with Gasteiger partial charge in [0.2, 0.25) is 0 Å². The number of fused-ring (bicyclic) bond motifs is 1. The van der Waals surface area contributed by atoms with E-state index in [1.165, 1.54) is 0 Å². The van der Waals surface area contributed by atoms with Crippen LogP contribution in [0, 0.1) is 10.1 Å². The van der Waals surface area contributed by atoms with E-state index in [1.807, 2.05) is 18.7 Å². The van der Waals surface area contributed by atoms with Crippen LogP contribution in [0.15, 0.2) is 18.7 Å². The van der Waals surface area contributed by atoms with E-state index in [1.54, 1.807) is 0 Å². The lowest BCUT2D eigenvalue weighted by Gasteiger charge is -2.38. The number of imidazole rings is 1. The molecule has 4 rings (SSSR count). The molecule has 0 bridgehead atoms. The highest BCUT2D eigenvalue weighted by atomic mass is 35.5. The molecule has 0 spiro atoms. The average Bonchev–Trinajstić information content (AvgIpc) is 3.35. The van der Waals surface area contributed by atoms with E-state index in [4.69, 9.17) is 14.3 Å². The molecule has 0 amide bonds. The third kappa shape index (κ3) is 4.69. The van der Waals surface area contributed by atoms with Crippen molar-refractivity contribution < 1.29 is 19.4 Å². The lowest BCUT2D eigenvalue weighted by atomic mass is 10.1. The maximum absolute atomic E-state index is 10.6. The summed E-state index contributed by atoms with van der Waals surface area (Å²) < 4.78 is 13.6. The molecule has 27 heavy (non-hydrogen) atoms. The molecule has 152 valence electrons. The Morgan fingerprint density at radius 3 is 2.63 bits per heavy atom. The normalized spacial score (nSPS) is 31.4. The van der Waals surface area contributed by atoms with Crippen molar-refractivity contribution in [2.45, 2.75) is 37.3 Å². The number of nitrogens with zero attached hydrogens (tertiary/aromatic N) is 5. The fraction of sp³-hybridized carbons (Fsp3) is 0.812. The van der Waals surface area contributed by atoms with E-state index in [9.17, 15) is 10.1 Å². The van der Waals surface area contributed by atoms with E-state index in [0.717, 1.165) is 45.7 Å². The molecule has 4 atom stereocenters. The highest BCUT2D eigenvalue weighted by Gasteiger charge is 2.51. The maximum atomic E-state index is 10.6. The van der Waals surface area contributed by atoms with Crippen molar-refractivity contribution in [3.8, 4) is 0 Å². The summed E-state index contributed by atoms with van der Waals surface area (Å²) >= 11 is 0. The summed E-state index contributed by atoms with van der Waals surface area (Å²) in [4.78, 5) is 24.2. The zero-order valence-corrected chi connectivity index (χ0v) is 15.9. The third-order valence-corrected chi connectivity index (χ3v) is 5.53. The second-order valence-corrected chi connectivity index (χ2v) is 7.06. The average molecular weight is 404 g/mol. The van der Waals surface area contributed by atoms with Crippen molar-refractivity contribution in [2.75, 3.05) is 45.9 Å². The van der Waals surface area contributed by atoms with Crippen LogP contribution in [0.2, 0.25) is 0 Å². The number of hydrogen-bond donors (Lipinski definition) is 0. The summed E-state index contributed by atoms with van der Waals surface area (Å²) in [6, 6.07) is 0.161. The summed E-state index contributed by atoms with van der Waals surface area (Å²) in [5.41, 5.74) is 0. The number of halogens is 1. The Morgan fingerprint density at radius 1 is 1.15 bits per heavy atom. The molecule has 0 aromatic carbocycles. The first-order valence-electron chi connectivity index (χ1n) is 9.17. The molecule has 1 aromatic heterocycles. The van der Waals surface area contributed by atoms with Gasteiger partial charge in [0, 0.05) is 45.1 Å². The Morgan fingerprint density at radius 2 is 1.93 bits per heavy atom. The molecule has 0 unspecified atom stereocenters. The molecular weight excluding hydrogens is 378 g/mol. The molecule has 0 N–H and O–H groups in total. The van der Waals surface area contributed by atoms with E-state index in [2.05, 4.69) is 19.4 Å². The highest BCUT2D eigenvalue weighted by Crippen LogP contribution is 2.32. The number of hydrogen-bond acceptors (Lipinski definition) is 8. The first-order chi connectivity index (χ1) is 12.7. The summed E-state index contributed by atoms with van der Waals surface area (Å²) in [6.45, 7) is 6.81. The van der Waals surface area contributed by atoms with Gasteiger partial charge in [-0.1, -0.05) is 0 Å². The molecule has 0 radical (unpaired) electrons. The second kappa shape index (κ2) is 9.16. The number of rotatable bonds is 7. The summed E-state index contributed by atoms with van der Waals surface area (Å²) in [6.07, 6.45) is 5.69. The predicted molar refractivity (Wildman–Crippen MR) is 97.2 cm³/mol. The third-order valence-electron chi connectivity index (χ3n) is 5.53.